The fourth-order valence-electron chi connectivity index (χ4n) is 4.59. The lowest BCUT2D eigenvalue weighted by Gasteiger charge is -2.26. The zero-order valence-corrected chi connectivity index (χ0v) is 19.4. The predicted molar refractivity (Wildman–Crippen MR) is 135 cm³/mol. The highest BCUT2D eigenvalue weighted by molar-refractivity contribution is 5.88. The van der Waals surface area contributed by atoms with Crippen LogP contribution in [0, 0.1) is 5.82 Å². The average Bonchev–Trinajstić information content (AvgIpc) is 3.33. The van der Waals surface area contributed by atoms with Crippen molar-refractivity contribution in [3.63, 3.8) is 0 Å². The Kier molecular flexibility index (Phi) is 5.71. The van der Waals surface area contributed by atoms with E-state index in [4.69, 9.17) is 4.74 Å². The molecule has 5 aromatic rings. The number of aromatic nitrogens is 4. The number of rotatable bonds is 5. The van der Waals surface area contributed by atoms with Gasteiger partial charge < -0.3 is 14.8 Å². The van der Waals surface area contributed by atoms with Crippen molar-refractivity contribution in [2.75, 3.05) is 32.8 Å². The van der Waals surface area contributed by atoms with Crippen molar-refractivity contribution in [2.45, 2.75) is 6.54 Å². The third kappa shape index (κ3) is 4.23. The molecule has 182 valence electrons. The molecule has 0 atom stereocenters. The lowest BCUT2D eigenvalue weighted by Crippen LogP contribution is -2.39. The van der Waals surface area contributed by atoms with E-state index >= 15 is 0 Å². The van der Waals surface area contributed by atoms with E-state index < -0.39 is 5.82 Å². The monoisotopic (exact) mass is 485 g/mol. The van der Waals surface area contributed by atoms with Crippen molar-refractivity contribution in [3.05, 3.63) is 77.1 Å². The van der Waals surface area contributed by atoms with Crippen LogP contribution in [0.5, 0.6) is 5.75 Å². The number of aromatic amines is 1. The maximum Gasteiger partial charge on any atom is 0.261 e. The summed E-state index contributed by atoms with van der Waals surface area (Å²) in [6.07, 6.45) is 1.62. The summed E-state index contributed by atoms with van der Waals surface area (Å²) in [6, 6.07) is 15.1. The molecule has 36 heavy (non-hydrogen) atoms. The fourth-order valence-corrected chi connectivity index (χ4v) is 4.59. The number of phenolic OH excluding ortho intramolecular Hbond substituents is 1. The maximum absolute atomic E-state index is 13.7. The Hall–Kier alpha value is -4.08. The number of halogens is 1. The molecule has 2 aromatic heterocycles. The van der Waals surface area contributed by atoms with Gasteiger partial charge in [-0.05, 0) is 53.6 Å². The van der Waals surface area contributed by atoms with Crippen molar-refractivity contribution >= 4 is 21.9 Å². The van der Waals surface area contributed by atoms with Crippen LogP contribution >= 0.6 is 0 Å². The van der Waals surface area contributed by atoms with E-state index in [0.717, 1.165) is 49.5 Å². The molecule has 0 aliphatic carbocycles. The molecule has 1 saturated heterocycles. The van der Waals surface area contributed by atoms with Crippen molar-refractivity contribution in [2.24, 2.45) is 0 Å². The van der Waals surface area contributed by atoms with E-state index in [9.17, 15) is 14.3 Å². The Morgan fingerprint density at radius 3 is 2.58 bits per heavy atom. The first-order chi connectivity index (χ1) is 17.5. The first kappa shape index (κ1) is 22.4. The van der Waals surface area contributed by atoms with E-state index in [2.05, 4.69) is 19.9 Å². The van der Waals surface area contributed by atoms with Crippen molar-refractivity contribution in [1.82, 2.24) is 24.4 Å². The zero-order valence-electron chi connectivity index (χ0n) is 19.4. The van der Waals surface area contributed by atoms with Crippen molar-refractivity contribution in [1.29, 1.82) is 0 Å². The summed E-state index contributed by atoms with van der Waals surface area (Å²) < 4.78 is 20.8. The number of aromatic hydroxyl groups is 1. The highest BCUT2D eigenvalue weighted by Crippen LogP contribution is 2.31. The van der Waals surface area contributed by atoms with Crippen LogP contribution in [0.25, 0.3) is 44.5 Å². The zero-order chi connectivity index (χ0) is 24.6. The van der Waals surface area contributed by atoms with Gasteiger partial charge in [-0.1, -0.05) is 12.1 Å². The van der Waals surface area contributed by atoms with Gasteiger partial charge in [-0.2, -0.15) is 0 Å². The molecule has 0 spiro atoms. The van der Waals surface area contributed by atoms with Gasteiger partial charge in [0.1, 0.15) is 17.4 Å². The molecular formula is C27H24FN5O3. The molecule has 8 nitrogen and oxygen atoms in total. The Morgan fingerprint density at radius 2 is 1.75 bits per heavy atom. The Morgan fingerprint density at radius 1 is 0.972 bits per heavy atom. The number of hydrogen-bond donors (Lipinski definition) is 2. The second-order valence-electron chi connectivity index (χ2n) is 8.91. The third-order valence-corrected chi connectivity index (χ3v) is 6.61. The number of H-pyrrole nitrogens is 1. The molecular weight excluding hydrogens is 461 g/mol. The molecule has 0 radical (unpaired) electrons. The van der Waals surface area contributed by atoms with Gasteiger partial charge in [0.15, 0.2) is 0 Å². The van der Waals surface area contributed by atoms with Gasteiger partial charge in [0, 0.05) is 26.2 Å². The number of phenols is 1. The summed E-state index contributed by atoms with van der Waals surface area (Å²) in [5.41, 5.74) is 4.07. The minimum Gasteiger partial charge on any atom is -0.507 e. The quantitative estimate of drug-likeness (QED) is 0.393. The van der Waals surface area contributed by atoms with Crippen LogP contribution in [0.4, 0.5) is 4.39 Å². The Bertz CT molecular complexity index is 1640. The van der Waals surface area contributed by atoms with E-state index in [0.29, 0.717) is 34.4 Å². The van der Waals surface area contributed by atoms with Gasteiger partial charge in [-0.25, -0.2) is 14.4 Å². The first-order valence-corrected chi connectivity index (χ1v) is 11.8. The lowest BCUT2D eigenvalue weighted by molar-refractivity contribution is 0.0362. The SMILES string of the molecule is O=c1c2cc(-c3ccc4nc(-c5cc(F)ccc5O)[nH]c4c3)ccc2ncn1CCN1CCOCC1. The first-order valence-electron chi connectivity index (χ1n) is 11.8. The number of nitrogens with zero attached hydrogens (tertiary/aromatic N) is 4. The Labute approximate surface area is 205 Å². The molecule has 2 N–H and O–H groups in total. The highest BCUT2D eigenvalue weighted by Gasteiger charge is 2.14. The minimum atomic E-state index is -0.454. The standard InChI is InChI=1S/C27H24FN5O3/c28-19-3-6-25(34)21(15-19)26-30-23-5-2-18(14-24(23)31-26)17-1-4-22-20(13-17)27(35)33(16-29-22)8-7-32-9-11-36-12-10-32/h1-6,13-16,34H,7-12H2,(H,30,31). The number of nitrogens with one attached hydrogen (secondary N) is 1. The summed E-state index contributed by atoms with van der Waals surface area (Å²) >= 11 is 0. The van der Waals surface area contributed by atoms with Gasteiger partial charge in [-0.3, -0.25) is 14.3 Å². The topological polar surface area (TPSA) is 96.3 Å². The average molecular weight is 486 g/mol. The van der Waals surface area contributed by atoms with Crippen LogP contribution in [0.2, 0.25) is 0 Å². The molecule has 0 unspecified atom stereocenters. The van der Waals surface area contributed by atoms with E-state index in [-0.39, 0.29) is 11.3 Å². The molecule has 1 fully saturated rings. The van der Waals surface area contributed by atoms with Gasteiger partial charge >= 0.3 is 0 Å². The molecule has 1 aliphatic heterocycles. The van der Waals surface area contributed by atoms with Crippen LogP contribution < -0.4 is 5.56 Å². The van der Waals surface area contributed by atoms with Crippen LogP contribution in [0.1, 0.15) is 0 Å². The van der Waals surface area contributed by atoms with E-state index in [1.54, 1.807) is 10.9 Å². The fraction of sp³-hybridized carbons (Fsp3) is 0.222. The molecule has 0 amide bonds. The summed E-state index contributed by atoms with van der Waals surface area (Å²) in [6.45, 7) is 4.53. The number of benzene rings is 3. The number of morpholine rings is 1. The summed E-state index contributed by atoms with van der Waals surface area (Å²) in [5.74, 6) is -0.128. The third-order valence-electron chi connectivity index (χ3n) is 6.61. The predicted octanol–water partition coefficient (Wildman–Crippen LogP) is 3.78. The normalized spacial score (nSPS) is 14.6. The smallest absolute Gasteiger partial charge is 0.261 e. The molecule has 3 aromatic carbocycles. The number of fused-ring (bicyclic) bond motifs is 2. The summed E-state index contributed by atoms with van der Waals surface area (Å²) in [5, 5.41) is 10.7. The Balaban J connectivity index is 1.32. The van der Waals surface area contributed by atoms with Crippen LogP contribution in [0.15, 0.2) is 65.7 Å². The van der Waals surface area contributed by atoms with Crippen molar-refractivity contribution < 1.29 is 14.2 Å². The molecule has 0 saturated carbocycles. The van der Waals surface area contributed by atoms with Gasteiger partial charge in [0.25, 0.3) is 5.56 Å². The number of ether oxygens (including phenoxy) is 1. The number of imidazole rings is 1. The lowest BCUT2D eigenvalue weighted by atomic mass is 10.0. The molecule has 1 aliphatic rings. The van der Waals surface area contributed by atoms with E-state index in [1.807, 2.05) is 36.4 Å². The summed E-state index contributed by atoms with van der Waals surface area (Å²) in [7, 11) is 0. The molecule has 0 bridgehead atoms. The van der Waals surface area contributed by atoms with Crippen molar-refractivity contribution in [3.8, 4) is 28.3 Å². The van der Waals surface area contributed by atoms with Crippen LogP contribution in [-0.4, -0.2) is 62.4 Å². The molecule has 3 heterocycles. The second kappa shape index (κ2) is 9.18. The van der Waals surface area contributed by atoms with Gasteiger partial charge in [0.2, 0.25) is 0 Å². The highest BCUT2D eigenvalue weighted by atomic mass is 19.1. The largest absolute Gasteiger partial charge is 0.507 e. The van der Waals surface area contributed by atoms with E-state index in [1.165, 1.54) is 18.2 Å². The molecule has 6 rings (SSSR count). The van der Waals surface area contributed by atoms with Crippen LogP contribution in [0.3, 0.4) is 0 Å². The number of hydrogen-bond acceptors (Lipinski definition) is 6. The van der Waals surface area contributed by atoms with Crippen LogP contribution in [-0.2, 0) is 11.3 Å². The van der Waals surface area contributed by atoms with Gasteiger partial charge in [-0.15, -0.1) is 0 Å². The minimum absolute atomic E-state index is 0.0531. The second-order valence-corrected chi connectivity index (χ2v) is 8.91. The molecule has 9 heteroatoms. The maximum atomic E-state index is 13.7. The summed E-state index contributed by atoms with van der Waals surface area (Å²) in [4.78, 5) is 27.7. The van der Waals surface area contributed by atoms with Gasteiger partial charge in [0.05, 0.1) is 47.0 Å².